The van der Waals surface area contributed by atoms with E-state index in [0.717, 1.165) is 35.3 Å². The molecule has 0 bridgehead atoms. The molecule has 0 saturated carbocycles. The van der Waals surface area contributed by atoms with E-state index in [1.807, 2.05) is 17.7 Å². The molecule has 26 heavy (non-hydrogen) atoms. The Morgan fingerprint density at radius 2 is 2.31 bits per heavy atom. The van der Waals surface area contributed by atoms with Crippen LogP contribution in [0.1, 0.15) is 19.3 Å². The van der Waals surface area contributed by atoms with Gasteiger partial charge in [-0.3, -0.25) is 15.1 Å². The van der Waals surface area contributed by atoms with Crippen molar-refractivity contribution in [2.45, 2.75) is 19.3 Å². The first-order chi connectivity index (χ1) is 12.7. The number of aromatic nitrogens is 1. The summed E-state index contributed by atoms with van der Waals surface area (Å²) in [5, 5.41) is 17.7. The summed E-state index contributed by atoms with van der Waals surface area (Å²) in [5.74, 6) is 0.401. The van der Waals surface area contributed by atoms with Gasteiger partial charge in [0.2, 0.25) is 4.80 Å². The van der Waals surface area contributed by atoms with Crippen LogP contribution in [0.4, 0.5) is 5.69 Å². The molecule has 1 aliphatic rings. The van der Waals surface area contributed by atoms with Crippen LogP contribution in [0.3, 0.4) is 0 Å². The van der Waals surface area contributed by atoms with Crippen molar-refractivity contribution in [3.63, 3.8) is 0 Å². The maximum absolute atomic E-state index is 11.1. The molecule has 1 aromatic heterocycles. The summed E-state index contributed by atoms with van der Waals surface area (Å²) in [6, 6.07) is 6.59. The molecular weight excluding hydrogens is 348 g/mol. The summed E-state index contributed by atoms with van der Waals surface area (Å²) in [4.78, 5) is 15.9. The van der Waals surface area contributed by atoms with Gasteiger partial charge in [-0.25, -0.2) is 4.68 Å². The van der Waals surface area contributed by atoms with Gasteiger partial charge in [0.15, 0.2) is 0 Å². The number of thiazole rings is 1. The van der Waals surface area contributed by atoms with Crippen LogP contribution in [0.2, 0.25) is 0 Å². The Balaban J connectivity index is 2.02. The molecule has 0 saturated heterocycles. The third-order valence-corrected chi connectivity index (χ3v) is 4.95. The van der Waals surface area contributed by atoms with E-state index in [0.29, 0.717) is 12.5 Å². The largest absolute Gasteiger partial charge is 0.270 e. The molecule has 134 valence electrons. The van der Waals surface area contributed by atoms with Crippen molar-refractivity contribution in [3.8, 4) is 11.3 Å². The van der Waals surface area contributed by atoms with Crippen LogP contribution in [0, 0.1) is 16.0 Å². The third-order valence-electron chi connectivity index (χ3n) is 4.10. The molecule has 0 N–H and O–H groups in total. The average Bonchev–Trinajstić information content (AvgIpc) is 3.08. The minimum atomic E-state index is -0.388. The van der Waals surface area contributed by atoms with Crippen LogP contribution >= 0.6 is 11.3 Å². The Morgan fingerprint density at radius 1 is 1.42 bits per heavy atom. The highest BCUT2D eigenvalue weighted by molar-refractivity contribution is 7.07. The highest BCUT2D eigenvalue weighted by Gasteiger charge is 2.13. The van der Waals surface area contributed by atoms with Gasteiger partial charge in [-0.2, -0.15) is 5.10 Å². The quantitative estimate of drug-likeness (QED) is 0.328. The van der Waals surface area contributed by atoms with Crippen LogP contribution in [-0.2, 0) is 0 Å². The van der Waals surface area contributed by atoms with E-state index in [1.165, 1.54) is 17.4 Å². The maximum Gasteiger partial charge on any atom is 0.270 e. The Morgan fingerprint density at radius 3 is 3.04 bits per heavy atom. The van der Waals surface area contributed by atoms with E-state index in [-0.39, 0.29) is 10.6 Å². The predicted octanol–water partition coefficient (Wildman–Crippen LogP) is 4.40. The summed E-state index contributed by atoms with van der Waals surface area (Å²) in [6.45, 7) is 4.20. The zero-order chi connectivity index (χ0) is 18.4. The summed E-state index contributed by atoms with van der Waals surface area (Å²) in [7, 11) is 0. The first-order valence-electron chi connectivity index (χ1n) is 8.45. The van der Waals surface area contributed by atoms with Crippen LogP contribution < -0.4 is 4.80 Å². The van der Waals surface area contributed by atoms with Gasteiger partial charge in [0, 0.05) is 29.3 Å². The molecule has 3 rings (SSSR count). The van der Waals surface area contributed by atoms with Crippen molar-refractivity contribution in [3.05, 3.63) is 69.4 Å². The van der Waals surface area contributed by atoms with Crippen molar-refractivity contribution < 1.29 is 4.92 Å². The normalized spacial score (nSPS) is 17.7. The third kappa shape index (κ3) is 4.23. The molecule has 6 nitrogen and oxygen atoms in total. The van der Waals surface area contributed by atoms with Gasteiger partial charge in [0.1, 0.15) is 0 Å². The lowest BCUT2D eigenvalue weighted by Gasteiger charge is -2.12. The lowest BCUT2D eigenvalue weighted by Crippen LogP contribution is -2.14. The zero-order valence-corrected chi connectivity index (χ0v) is 15.1. The summed E-state index contributed by atoms with van der Waals surface area (Å²) < 4.78 is 1.77. The Hall–Kier alpha value is -2.80. The number of nitro benzene ring substituents is 1. The van der Waals surface area contributed by atoms with Crippen molar-refractivity contribution in [1.29, 1.82) is 0 Å². The second kappa shape index (κ2) is 8.53. The summed E-state index contributed by atoms with van der Waals surface area (Å²) >= 11 is 1.46. The molecule has 2 aromatic rings. The number of nitro groups is 1. The molecule has 0 amide bonds. The molecule has 1 heterocycles. The van der Waals surface area contributed by atoms with Crippen LogP contribution in [0.15, 0.2) is 64.5 Å². The molecule has 0 fully saturated rings. The number of rotatable bonds is 6. The van der Waals surface area contributed by atoms with E-state index in [4.69, 9.17) is 0 Å². The molecule has 0 radical (unpaired) electrons. The molecule has 0 aliphatic heterocycles. The van der Waals surface area contributed by atoms with E-state index >= 15 is 0 Å². The Bertz CT molecular complexity index is 924. The van der Waals surface area contributed by atoms with Crippen LogP contribution in [0.25, 0.3) is 11.3 Å². The zero-order valence-electron chi connectivity index (χ0n) is 14.3. The lowest BCUT2D eigenvalue weighted by atomic mass is 9.96. The fraction of sp³-hybridized carbons (Fsp3) is 0.263. The van der Waals surface area contributed by atoms with Crippen LogP contribution in [0.5, 0.6) is 0 Å². The standard InChI is InChI=1S/C19H20N4O2S/c1-2-11-20-19-22(21-13-15-7-4-3-5-8-15)18(14-26-19)16-9-6-10-17(12-16)23(24)25/h2-4,6,9-10,12-15H,1,5,7-8,11H2. The maximum atomic E-state index is 11.1. The molecule has 1 atom stereocenters. The number of allylic oxidation sites excluding steroid dienone is 2. The van der Waals surface area contributed by atoms with Crippen LogP contribution in [-0.4, -0.2) is 22.4 Å². The molecule has 7 heteroatoms. The smallest absolute Gasteiger partial charge is 0.258 e. The highest BCUT2D eigenvalue weighted by Crippen LogP contribution is 2.25. The van der Waals surface area contributed by atoms with E-state index in [2.05, 4.69) is 28.8 Å². The van der Waals surface area contributed by atoms with Crippen molar-refractivity contribution in [2.24, 2.45) is 16.0 Å². The van der Waals surface area contributed by atoms with Gasteiger partial charge in [-0.1, -0.05) is 30.4 Å². The fourth-order valence-electron chi connectivity index (χ4n) is 2.75. The monoisotopic (exact) mass is 368 g/mol. The second-order valence-corrected chi connectivity index (χ2v) is 6.80. The number of non-ortho nitro benzene ring substituents is 1. The first kappa shape index (κ1) is 18.0. The minimum absolute atomic E-state index is 0.0613. The topological polar surface area (TPSA) is 72.8 Å². The average molecular weight is 368 g/mol. The van der Waals surface area contributed by atoms with Crippen molar-refractivity contribution in [1.82, 2.24) is 4.68 Å². The molecular formula is C19H20N4O2S. The van der Waals surface area contributed by atoms with E-state index < -0.39 is 0 Å². The lowest BCUT2D eigenvalue weighted by molar-refractivity contribution is -0.384. The van der Waals surface area contributed by atoms with Gasteiger partial charge in [-0.15, -0.1) is 17.9 Å². The van der Waals surface area contributed by atoms with Crippen molar-refractivity contribution in [2.75, 3.05) is 6.54 Å². The number of benzene rings is 1. The number of nitrogens with zero attached hydrogens (tertiary/aromatic N) is 4. The Labute approximate surface area is 155 Å². The van der Waals surface area contributed by atoms with Gasteiger partial charge < -0.3 is 0 Å². The van der Waals surface area contributed by atoms with Gasteiger partial charge in [0.25, 0.3) is 5.69 Å². The molecule has 1 aromatic carbocycles. The second-order valence-electron chi connectivity index (χ2n) is 5.96. The number of hydrogen-bond donors (Lipinski definition) is 0. The molecule has 1 unspecified atom stereocenters. The fourth-order valence-corrected chi connectivity index (χ4v) is 3.60. The van der Waals surface area contributed by atoms with E-state index in [9.17, 15) is 10.1 Å². The van der Waals surface area contributed by atoms with Gasteiger partial charge >= 0.3 is 0 Å². The number of hydrogen-bond acceptors (Lipinski definition) is 5. The van der Waals surface area contributed by atoms with E-state index in [1.54, 1.807) is 22.9 Å². The highest BCUT2D eigenvalue weighted by atomic mass is 32.1. The molecule has 0 spiro atoms. The predicted molar refractivity (Wildman–Crippen MR) is 105 cm³/mol. The minimum Gasteiger partial charge on any atom is -0.258 e. The summed E-state index contributed by atoms with van der Waals surface area (Å²) in [6.07, 6.45) is 11.2. The first-order valence-corrected chi connectivity index (χ1v) is 9.33. The Kier molecular flexibility index (Phi) is 5.91. The SMILES string of the molecule is C=CCN=c1scc(-c2cccc([N+](=O)[O-])c2)n1N=CC1CC=CCC1. The van der Waals surface area contributed by atoms with Gasteiger partial charge in [0.05, 0.1) is 17.2 Å². The summed E-state index contributed by atoms with van der Waals surface area (Å²) in [5.41, 5.74) is 1.60. The molecule has 1 aliphatic carbocycles. The van der Waals surface area contributed by atoms with Gasteiger partial charge in [-0.05, 0) is 25.2 Å². The van der Waals surface area contributed by atoms with Crippen molar-refractivity contribution >= 4 is 23.2 Å².